The van der Waals surface area contributed by atoms with Gasteiger partial charge in [0.15, 0.2) is 0 Å². The first-order valence-electron chi connectivity index (χ1n) is 3.62. The summed E-state index contributed by atoms with van der Waals surface area (Å²) in [5.74, 6) is 0.0344. The molecule has 1 aliphatic rings. The second kappa shape index (κ2) is 3.01. The van der Waals surface area contributed by atoms with Crippen LogP contribution in [0.4, 0.5) is 0 Å². The van der Waals surface area contributed by atoms with Crippen LogP contribution in [0.2, 0.25) is 0 Å². The Morgan fingerprint density at radius 1 is 1.80 bits per heavy atom. The van der Waals surface area contributed by atoms with E-state index in [-0.39, 0.29) is 18.1 Å². The van der Waals surface area contributed by atoms with E-state index in [1.165, 1.54) is 6.92 Å². The number of hydrogen-bond acceptors (Lipinski definition) is 2. The van der Waals surface area contributed by atoms with Gasteiger partial charge >= 0.3 is 0 Å². The molecule has 58 valence electrons. The molecule has 0 aromatic rings. The van der Waals surface area contributed by atoms with Crippen molar-refractivity contribution in [1.29, 1.82) is 0 Å². The molecule has 0 aliphatic heterocycles. The van der Waals surface area contributed by atoms with E-state index in [4.69, 9.17) is 4.74 Å². The van der Waals surface area contributed by atoms with Gasteiger partial charge in [0.1, 0.15) is 0 Å². The summed E-state index contributed by atoms with van der Waals surface area (Å²) in [6, 6.07) is 0.289. The summed E-state index contributed by atoms with van der Waals surface area (Å²) in [7, 11) is 0. The molecule has 0 aromatic heterocycles. The van der Waals surface area contributed by atoms with Crippen molar-refractivity contribution in [2.45, 2.75) is 32.4 Å². The Hall–Kier alpha value is -0.570. The minimum Gasteiger partial charge on any atom is -0.376 e. The van der Waals surface area contributed by atoms with Crippen molar-refractivity contribution in [3.8, 4) is 0 Å². The molecule has 3 heteroatoms. The number of hydrogen-bond donors (Lipinski definition) is 1. The van der Waals surface area contributed by atoms with E-state index < -0.39 is 0 Å². The van der Waals surface area contributed by atoms with Gasteiger partial charge in [0.25, 0.3) is 0 Å². The molecule has 1 N–H and O–H groups in total. The number of carbonyl (C=O) groups is 1. The van der Waals surface area contributed by atoms with Gasteiger partial charge < -0.3 is 10.1 Å². The van der Waals surface area contributed by atoms with Crippen LogP contribution in [-0.2, 0) is 9.53 Å². The molecule has 2 atom stereocenters. The third-order valence-corrected chi connectivity index (χ3v) is 1.50. The Labute approximate surface area is 60.7 Å². The number of ether oxygens (including phenoxy) is 1. The van der Waals surface area contributed by atoms with Crippen LogP contribution in [0.25, 0.3) is 0 Å². The first-order chi connectivity index (χ1) is 4.74. The summed E-state index contributed by atoms with van der Waals surface area (Å²) in [6.45, 7) is 4.23. The Morgan fingerprint density at radius 3 is 3.00 bits per heavy atom. The second-order valence-electron chi connectivity index (χ2n) is 2.54. The SMILES string of the molecule is CCOC1CC1NC(C)=O. The van der Waals surface area contributed by atoms with Crippen LogP contribution in [0.15, 0.2) is 0 Å². The maximum atomic E-state index is 10.5. The molecule has 0 heterocycles. The molecule has 1 rings (SSSR count). The van der Waals surface area contributed by atoms with Crippen molar-refractivity contribution in [2.24, 2.45) is 0 Å². The normalized spacial score (nSPS) is 29.8. The Balaban J connectivity index is 2.07. The molecule has 0 radical (unpaired) electrons. The van der Waals surface area contributed by atoms with Crippen molar-refractivity contribution < 1.29 is 9.53 Å². The molecule has 1 amide bonds. The van der Waals surface area contributed by atoms with E-state index in [0.29, 0.717) is 0 Å². The van der Waals surface area contributed by atoms with E-state index >= 15 is 0 Å². The standard InChI is InChI=1S/C7H13NO2/c1-3-10-7-4-6(7)8-5(2)9/h6-7H,3-4H2,1-2H3,(H,8,9). The largest absolute Gasteiger partial charge is 0.376 e. The molecule has 0 spiro atoms. The fraction of sp³-hybridized carbons (Fsp3) is 0.857. The lowest BCUT2D eigenvalue weighted by Gasteiger charge is -1.99. The molecule has 1 fully saturated rings. The summed E-state index contributed by atoms with van der Waals surface area (Å²) in [4.78, 5) is 10.5. The van der Waals surface area contributed by atoms with Crippen LogP contribution in [0.3, 0.4) is 0 Å². The van der Waals surface area contributed by atoms with Crippen LogP contribution in [-0.4, -0.2) is 24.7 Å². The zero-order valence-corrected chi connectivity index (χ0v) is 6.39. The van der Waals surface area contributed by atoms with Crippen molar-refractivity contribution >= 4 is 5.91 Å². The van der Waals surface area contributed by atoms with Gasteiger partial charge in [-0.25, -0.2) is 0 Å². The summed E-state index contributed by atoms with van der Waals surface area (Å²) in [5, 5.41) is 2.79. The van der Waals surface area contributed by atoms with Crippen LogP contribution in [0.5, 0.6) is 0 Å². The topological polar surface area (TPSA) is 38.3 Å². The van der Waals surface area contributed by atoms with Gasteiger partial charge in [-0.1, -0.05) is 0 Å². The van der Waals surface area contributed by atoms with Gasteiger partial charge in [-0.15, -0.1) is 0 Å². The third-order valence-electron chi connectivity index (χ3n) is 1.50. The molecule has 2 unspecified atom stereocenters. The van der Waals surface area contributed by atoms with Crippen molar-refractivity contribution in [3.63, 3.8) is 0 Å². The lowest BCUT2D eigenvalue weighted by Crippen LogP contribution is -2.25. The van der Waals surface area contributed by atoms with Gasteiger partial charge in [0.05, 0.1) is 12.1 Å². The highest BCUT2D eigenvalue weighted by molar-refractivity contribution is 5.73. The number of rotatable bonds is 3. The third kappa shape index (κ3) is 1.99. The zero-order chi connectivity index (χ0) is 7.56. The summed E-state index contributed by atoms with van der Waals surface area (Å²) < 4.78 is 5.25. The minimum atomic E-state index is 0.0344. The smallest absolute Gasteiger partial charge is 0.217 e. The van der Waals surface area contributed by atoms with Gasteiger partial charge in [0, 0.05) is 13.5 Å². The molecule has 0 bridgehead atoms. The maximum absolute atomic E-state index is 10.5. The van der Waals surface area contributed by atoms with Crippen LogP contribution >= 0.6 is 0 Å². The summed E-state index contributed by atoms with van der Waals surface area (Å²) in [6.07, 6.45) is 1.27. The minimum absolute atomic E-state index is 0.0344. The number of carbonyl (C=O) groups excluding carboxylic acids is 1. The highest BCUT2D eigenvalue weighted by Crippen LogP contribution is 2.24. The van der Waals surface area contributed by atoms with E-state index in [2.05, 4.69) is 5.32 Å². The van der Waals surface area contributed by atoms with E-state index in [0.717, 1.165) is 13.0 Å². The lowest BCUT2D eigenvalue weighted by atomic mass is 10.6. The highest BCUT2D eigenvalue weighted by atomic mass is 16.5. The van der Waals surface area contributed by atoms with Crippen molar-refractivity contribution in [2.75, 3.05) is 6.61 Å². The first kappa shape index (κ1) is 7.54. The number of nitrogens with one attached hydrogen (secondary N) is 1. The predicted octanol–water partition coefficient (Wildman–Crippen LogP) is 0.300. The van der Waals surface area contributed by atoms with Gasteiger partial charge in [-0.05, 0) is 13.3 Å². The molecular formula is C7H13NO2. The molecule has 0 saturated heterocycles. The van der Waals surface area contributed by atoms with Crippen LogP contribution in [0, 0.1) is 0 Å². The zero-order valence-electron chi connectivity index (χ0n) is 6.39. The molecule has 1 aliphatic carbocycles. The summed E-state index contributed by atoms with van der Waals surface area (Å²) in [5.41, 5.74) is 0. The molecule has 3 nitrogen and oxygen atoms in total. The highest BCUT2D eigenvalue weighted by Gasteiger charge is 2.38. The Morgan fingerprint density at radius 2 is 2.50 bits per heavy atom. The van der Waals surface area contributed by atoms with Gasteiger partial charge in [0.2, 0.25) is 5.91 Å². The van der Waals surface area contributed by atoms with E-state index in [9.17, 15) is 4.79 Å². The van der Waals surface area contributed by atoms with Gasteiger partial charge in [-0.3, -0.25) is 4.79 Å². The quantitative estimate of drug-likeness (QED) is 0.617. The monoisotopic (exact) mass is 143 g/mol. The average Bonchev–Trinajstić information content (AvgIpc) is 2.47. The van der Waals surface area contributed by atoms with E-state index in [1.807, 2.05) is 6.92 Å². The van der Waals surface area contributed by atoms with Crippen LogP contribution < -0.4 is 5.32 Å². The van der Waals surface area contributed by atoms with Crippen molar-refractivity contribution in [1.82, 2.24) is 5.32 Å². The van der Waals surface area contributed by atoms with Crippen LogP contribution in [0.1, 0.15) is 20.3 Å². The maximum Gasteiger partial charge on any atom is 0.217 e. The van der Waals surface area contributed by atoms with Gasteiger partial charge in [-0.2, -0.15) is 0 Å². The lowest BCUT2D eigenvalue weighted by molar-refractivity contribution is -0.119. The molecular weight excluding hydrogens is 130 g/mol. The predicted molar refractivity (Wildman–Crippen MR) is 37.6 cm³/mol. The Kier molecular flexibility index (Phi) is 2.27. The molecule has 0 aromatic carbocycles. The fourth-order valence-corrected chi connectivity index (χ4v) is 0.983. The molecule has 1 saturated carbocycles. The summed E-state index contributed by atoms with van der Waals surface area (Å²) >= 11 is 0. The second-order valence-corrected chi connectivity index (χ2v) is 2.54. The fourth-order valence-electron chi connectivity index (χ4n) is 0.983. The average molecular weight is 143 g/mol. The molecule has 10 heavy (non-hydrogen) atoms. The number of amides is 1. The first-order valence-corrected chi connectivity index (χ1v) is 3.62. The van der Waals surface area contributed by atoms with E-state index in [1.54, 1.807) is 0 Å². The Bertz CT molecular complexity index is 136. The van der Waals surface area contributed by atoms with Crippen molar-refractivity contribution in [3.05, 3.63) is 0 Å².